The van der Waals surface area contributed by atoms with Gasteiger partial charge in [0.05, 0.1) is 0 Å². The molecule has 1 fully saturated rings. The second-order valence-electron chi connectivity index (χ2n) is 5.99. The van der Waals surface area contributed by atoms with Crippen LogP contribution in [0.15, 0.2) is 22.7 Å². The highest BCUT2D eigenvalue weighted by molar-refractivity contribution is 9.10. The fourth-order valence-corrected chi connectivity index (χ4v) is 3.51. The number of nitrogens with zero attached hydrogens (tertiary/aromatic N) is 2. The van der Waals surface area contributed by atoms with Crippen LogP contribution in [0.25, 0.3) is 0 Å². The molecule has 1 aromatic rings. The number of benzene rings is 1. The Morgan fingerprint density at radius 1 is 1.38 bits per heavy atom. The van der Waals surface area contributed by atoms with Crippen molar-refractivity contribution in [3.63, 3.8) is 0 Å². The van der Waals surface area contributed by atoms with E-state index >= 15 is 0 Å². The molecule has 1 aliphatic heterocycles. The first kappa shape index (κ1) is 16.8. The number of hydrogen-bond donors (Lipinski definition) is 1. The highest BCUT2D eigenvalue weighted by Gasteiger charge is 2.24. The Morgan fingerprint density at radius 3 is 2.62 bits per heavy atom. The maximum atomic E-state index is 3.63. The van der Waals surface area contributed by atoms with E-state index in [4.69, 9.17) is 0 Å². The highest BCUT2D eigenvalue weighted by Crippen LogP contribution is 2.32. The molecule has 0 saturated carbocycles. The summed E-state index contributed by atoms with van der Waals surface area (Å²) in [4.78, 5) is 5.03. The number of nitrogens with one attached hydrogen (secondary N) is 1. The normalized spacial score (nSPS) is 18.7. The minimum Gasteiger partial charge on any atom is -0.371 e. The summed E-state index contributed by atoms with van der Waals surface area (Å²) in [7, 11) is 4.27. The molecule has 2 rings (SSSR count). The van der Waals surface area contributed by atoms with E-state index in [1.54, 1.807) is 0 Å². The molecule has 21 heavy (non-hydrogen) atoms. The van der Waals surface area contributed by atoms with Crippen LogP contribution >= 0.6 is 15.9 Å². The average Bonchev–Trinajstić information content (AvgIpc) is 2.53. The molecule has 1 aliphatic rings. The third-order valence-corrected chi connectivity index (χ3v) is 5.32. The van der Waals surface area contributed by atoms with Crippen molar-refractivity contribution in [2.24, 2.45) is 0 Å². The fourth-order valence-electron chi connectivity index (χ4n) is 3.16. The third-order valence-electron chi connectivity index (χ3n) is 4.82. The highest BCUT2D eigenvalue weighted by atomic mass is 79.9. The van der Waals surface area contributed by atoms with E-state index in [2.05, 4.69) is 70.1 Å². The predicted molar refractivity (Wildman–Crippen MR) is 95.2 cm³/mol. The SMILES string of the molecule is CCN1CCC(N(C)c2cc(Br)ccc2C(C)NC)CC1. The Labute approximate surface area is 137 Å². The van der Waals surface area contributed by atoms with Crippen molar-refractivity contribution in [1.29, 1.82) is 0 Å². The Bertz CT molecular complexity index is 455. The molecule has 1 atom stereocenters. The van der Waals surface area contributed by atoms with Gasteiger partial charge in [0.25, 0.3) is 0 Å². The first-order valence-electron chi connectivity index (χ1n) is 7.98. The lowest BCUT2D eigenvalue weighted by Crippen LogP contribution is -2.43. The van der Waals surface area contributed by atoms with E-state index in [9.17, 15) is 0 Å². The first-order valence-corrected chi connectivity index (χ1v) is 8.78. The largest absolute Gasteiger partial charge is 0.371 e. The number of halogens is 1. The van der Waals surface area contributed by atoms with Gasteiger partial charge in [0, 0.05) is 42.4 Å². The third kappa shape index (κ3) is 3.99. The molecular weight excluding hydrogens is 326 g/mol. The van der Waals surface area contributed by atoms with Crippen molar-refractivity contribution in [2.45, 2.75) is 38.8 Å². The molecular formula is C17H28BrN3. The van der Waals surface area contributed by atoms with E-state index in [1.807, 2.05) is 7.05 Å². The van der Waals surface area contributed by atoms with Crippen LogP contribution in [0.1, 0.15) is 38.3 Å². The van der Waals surface area contributed by atoms with E-state index in [-0.39, 0.29) is 0 Å². The zero-order valence-electron chi connectivity index (χ0n) is 13.7. The van der Waals surface area contributed by atoms with Crippen LogP contribution in [-0.4, -0.2) is 44.7 Å². The van der Waals surface area contributed by atoms with Gasteiger partial charge < -0.3 is 15.1 Å². The number of piperidine rings is 1. The average molecular weight is 354 g/mol. The molecule has 1 aromatic carbocycles. The van der Waals surface area contributed by atoms with Gasteiger partial charge in [-0.1, -0.05) is 28.9 Å². The van der Waals surface area contributed by atoms with Crippen LogP contribution in [0.5, 0.6) is 0 Å². The van der Waals surface area contributed by atoms with Gasteiger partial charge in [-0.3, -0.25) is 0 Å². The molecule has 1 N–H and O–H groups in total. The minimum atomic E-state index is 0.367. The molecule has 1 unspecified atom stereocenters. The fraction of sp³-hybridized carbons (Fsp3) is 0.647. The van der Waals surface area contributed by atoms with Crippen LogP contribution < -0.4 is 10.2 Å². The van der Waals surface area contributed by atoms with Gasteiger partial charge in [0.1, 0.15) is 0 Å². The molecule has 118 valence electrons. The maximum absolute atomic E-state index is 3.63. The summed E-state index contributed by atoms with van der Waals surface area (Å²) in [5.74, 6) is 0. The smallest absolute Gasteiger partial charge is 0.0425 e. The summed E-state index contributed by atoms with van der Waals surface area (Å²) < 4.78 is 1.15. The summed E-state index contributed by atoms with van der Waals surface area (Å²) in [5, 5.41) is 3.36. The molecule has 0 amide bonds. The lowest BCUT2D eigenvalue weighted by molar-refractivity contribution is 0.220. The molecule has 1 saturated heterocycles. The second-order valence-corrected chi connectivity index (χ2v) is 6.91. The minimum absolute atomic E-state index is 0.367. The summed E-state index contributed by atoms with van der Waals surface area (Å²) in [5.41, 5.74) is 2.72. The lowest BCUT2D eigenvalue weighted by Gasteiger charge is -2.38. The molecule has 0 spiro atoms. The quantitative estimate of drug-likeness (QED) is 0.871. The van der Waals surface area contributed by atoms with Crippen molar-refractivity contribution >= 4 is 21.6 Å². The van der Waals surface area contributed by atoms with Crippen molar-refractivity contribution in [2.75, 3.05) is 38.6 Å². The van der Waals surface area contributed by atoms with E-state index in [0.29, 0.717) is 12.1 Å². The zero-order chi connectivity index (χ0) is 15.4. The van der Waals surface area contributed by atoms with E-state index in [0.717, 1.165) is 4.47 Å². The Hall–Kier alpha value is -0.580. The summed E-state index contributed by atoms with van der Waals surface area (Å²) >= 11 is 3.63. The van der Waals surface area contributed by atoms with Gasteiger partial charge in [0.15, 0.2) is 0 Å². The summed E-state index contributed by atoms with van der Waals surface area (Å²) in [6.45, 7) is 8.09. The standard InChI is InChI=1S/C17H28BrN3/c1-5-21-10-8-15(9-11-21)20(4)17-12-14(18)6-7-16(17)13(2)19-3/h6-7,12-13,15,19H,5,8-11H2,1-4H3. The molecule has 4 heteroatoms. The summed E-state index contributed by atoms with van der Waals surface area (Å²) in [6, 6.07) is 7.64. The van der Waals surface area contributed by atoms with Gasteiger partial charge in [-0.05, 0) is 51.1 Å². The van der Waals surface area contributed by atoms with Gasteiger partial charge >= 0.3 is 0 Å². The Balaban J connectivity index is 2.18. The van der Waals surface area contributed by atoms with Crippen molar-refractivity contribution in [1.82, 2.24) is 10.2 Å². The van der Waals surface area contributed by atoms with E-state index in [1.165, 1.54) is 43.7 Å². The molecule has 0 aliphatic carbocycles. The van der Waals surface area contributed by atoms with Crippen LogP contribution in [0.2, 0.25) is 0 Å². The number of rotatable bonds is 5. The van der Waals surface area contributed by atoms with Crippen molar-refractivity contribution < 1.29 is 0 Å². The van der Waals surface area contributed by atoms with Crippen LogP contribution in [-0.2, 0) is 0 Å². The number of anilines is 1. The molecule has 1 heterocycles. The van der Waals surface area contributed by atoms with Crippen LogP contribution in [0, 0.1) is 0 Å². The molecule has 0 aromatic heterocycles. The topological polar surface area (TPSA) is 18.5 Å². The Kier molecular flexibility index (Phi) is 6.08. The van der Waals surface area contributed by atoms with Gasteiger partial charge in [0.2, 0.25) is 0 Å². The van der Waals surface area contributed by atoms with E-state index < -0.39 is 0 Å². The van der Waals surface area contributed by atoms with Gasteiger partial charge in [-0.25, -0.2) is 0 Å². The predicted octanol–water partition coefficient (Wildman–Crippen LogP) is 3.65. The summed E-state index contributed by atoms with van der Waals surface area (Å²) in [6.07, 6.45) is 2.51. The van der Waals surface area contributed by atoms with Gasteiger partial charge in [-0.2, -0.15) is 0 Å². The van der Waals surface area contributed by atoms with Crippen LogP contribution in [0.3, 0.4) is 0 Å². The molecule has 0 radical (unpaired) electrons. The maximum Gasteiger partial charge on any atom is 0.0425 e. The van der Waals surface area contributed by atoms with Crippen LogP contribution in [0.4, 0.5) is 5.69 Å². The molecule has 0 bridgehead atoms. The molecule has 3 nitrogen and oxygen atoms in total. The lowest BCUT2D eigenvalue weighted by atomic mass is 10.00. The zero-order valence-corrected chi connectivity index (χ0v) is 15.3. The second kappa shape index (κ2) is 7.61. The van der Waals surface area contributed by atoms with Gasteiger partial charge in [-0.15, -0.1) is 0 Å². The number of hydrogen-bond acceptors (Lipinski definition) is 3. The first-order chi connectivity index (χ1) is 10.1. The Morgan fingerprint density at radius 2 is 2.05 bits per heavy atom. The van der Waals surface area contributed by atoms with Crippen molar-refractivity contribution in [3.8, 4) is 0 Å². The number of likely N-dealkylation sites (tertiary alicyclic amines) is 1. The monoisotopic (exact) mass is 353 g/mol. The van der Waals surface area contributed by atoms with Crippen molar-refractivity contribution in [3.05, 3.63) is 28.2 Å².